The highest BCUT2D eigenvalue weighted by Crippen LogP contribution is 2.26. The maximum Gasteiger partial charge on any atom is 0.324 e. The van der Waals surface area contributed by atoms with Gasteiger partial charge in [0.2, 0.25) is 10.0 Å². The Bertz CT molecular complexity index is 874. The third-order valence-electron chi connectivity index (χ3n) is 4.81. The summed E-state index contributed by atoms with van der Waals surface area (Å²) in [5, 5.41) is 3.97. The van der Waals surface area contributed by atoms with Gasteiger partial charge in [0, 0.05) is 32.1 Å². The molecule has 1 saturated heterocycles. The van der Waals surface area contributed by atoms with E-state index in [1.807, 2.05) is 30.9 Å². The molecule has 0 bridgehead atoms. The predicted octanol–water partition coefficient (Wildman–Crippen LogP) is 3.00. The first kappa shape index (κ1) is 19.8. The maximum absolute atomic E-state index is 12.9. The lowest BCUT2D eigenvalue weighted by Gasteiger charge is -2.32. The number of hydrogen-bond donors (Lipinski definition) is 0. The lowest BCUT2D eigenvalue weighted by atomic mass is 9.87. The molecule has 2 aromatic rings. The van der Waals surface area contributed by atoms with Gasteiger partial charge >= 0.3 is 6.01 Å². The minimum Gasteiger partial charge on any atom is -0.322 e. The van der Waals surface area contributed by atoms with Crippen molar-refractivity contribution in [1.82, 2.24) is 14.4 Å². The molecular weight excluding hydrogens is 364 g/mol. The fraction of sp³-hybridized carbons (Fsp3) is 0.579. The fourth-order valence-electron chi connectivity index (χ4n) is 2.99. The molecule has 7 nitrogen and oxygen atoms in total. The Balaban J connectivity index is 1.69. The summed E-state index contributed by atoms with van der Waals surface area (Å²) in [5.74, 6) is 0.860. The quantitative estimate of drug-likeness (QED) is 0.796. The number of nitrogens with zero attached hydrogens (tertiary/aromatic N) is 4. The van der Waals surface area contributed by atoms with E-state index in [0.717, 1.165) is 5.56 Å². The molecule has 1 aromatic heterocycles. The summed E-state index contributed by atoms with van der Waals surface area (Å²) in [4.78, 5) is 6.67. The van der Waals surface area contributed by atoms with Crippen LogP contribution in [0.25, 0.3) is 0 Å². The first-order chi connectivity index (χ1) is 12.6. The average Bonchev–Trinajstić information content (AvgIpc) is 3.12. The van der Waals surface area contributed by atoms with E-state index in [4.69, 9.17) is 4.52 Å². The molecule has 0 radical (unpaired) electrons. The van der Waals surface area contributed by atoms with Crippen LogP contribution in [0.3, 0.4) is 0 Å². The lowest BCUT2D eigenvalue weighted by Crippen LogP contribution is -2.48. The van der Waals surface area contributed by atoms with E-state index < -0.39 is 10.0 Å². The Morgan fingerprint density at radius 3 is 2.11 bits per heavy atom. The Kier molecular flexibility index (Phi) is 5.31. The molecule has 0 spiro atoms. The second-order valence-electron chi connectivity index (χ2n) is 8.26. The summed E-state index contributed by atoms with van der Waals surface area (Å²) < 4.78 is 32.7. The summed E-state index contributed by atoms with van der Waals surface area (Å²) in [6.07, 6.45) is 0. The summed E-state index contributed by atoms with van der Waals surface area (Å²) >= 11 is 0. The normalized spacial score (nSPS) is 16.9. The molecule has 3 rings (SSSR count). The Morgan fingerprint density at radius 1 is 1.04 bits per heavy atom. The lowest BCUT2D eigenvalue weighted by molar-refractivity contribution is 0.353. The minimum absolute atomic E-state index is 0.00711. The first-order valence-electron chi connectivity index (χ1n) is 9.28. The van der Waals surface area contributed by atoms with Gasteiger partial charge in [0.1, 0.15) is 0 Å². The summed E-state index contributed by atoms with van der Waals surface area (Å²) in [5.41, 5.74) is 1.11. The van der Waals surface area contributed by atoms with E-state index in [9.17, 15) is 8.42 Å². The average molecular weight is 393 g/mol. The number of sulfonamides is 1. The van der Waals surface area contributed by atoms with Crippen LogP contribution in [0, 0.1) is 0 Å². The molecule has 0 atom stereocenters. The van der Waals surface area contributed by atoms with Crippen LogP contribution in [0.15, 0.2) is 33.7 Å². The molecular formula is C19H28N4O3S. The highest BCUT2D eigenvalue weighted by molar-refractivity contribution is 7.89. The van der Waals surface area contributed by atoms with E-state index in [2.05, 4.69) is 30.9 Å². The van der Waals surface area contributed by atoms with Crippen LogP contribution >= 0.6 is 0 Å². The maximum atomic E-state index is 12.9. The van der Waals surface area contributed by atoms with E-state index >= 15 is 0 Å². The van der Waals surface area contributed by atoms with Crippen molar-refractivity contribution in [3.05, 3.63) is 35.7 Å². The topological polar surface area (TPSA) is 79.5 Å². The summed E-state index contributed by atoms with van der Waals surface area (Å²) in [6, 6.07) is 7.67. The highest BCUT2D eigenvalue weighted by atomic mass is 32.2. The molecule has 27 heavy (non-hydrogen) atoms. The van der Waals surface area contributed by atoms with Gasteiger partial charge in [-0.1, -0.05) is 51.9 Å². The fourth-order valence-corrected chi connectivity index (χ4v) is 4.41. The Hall–Kier alpha value is -1.93. The van der Waals surface area contributed by atoms with Crippen LogP contribution in [-0.4, -0.2) is 49.0 Å². The van der Waals surface area contributed by atoms with Gasteiger partial charge in [-0.25, -0.2) is 8.42 Å². The van der Waals surface area contributed by atoms with Crippen molar-refractivity contribution in [1.29, 1.82) is 0 Å². The van der Waals surface area contributed by atoms with Crippen LogP contribution < -0.4 is 4.90 Å². The van der Waals surface area contributed by atoms with Crippen molar-refractivity contribution in [2.24, 2.45) is 0 Å². The summed E-state index contributed by atoms with van der Waals surface area (Å²) in [7, 11) is -3.50. The number of hydrogen-bond acceptors (Lipinski definition) is 6. The molecule has 0 aliphatic carbocycles. The summed E-state index contributed by atoms with van der Waals surface area (Å²) in [6.45, 7) is 12.2. The third kappa shape index (κ3) is 4.16. The second kappa shape index (κ2) is 7.24. The van der Waals surface area contributed by atoms with E-state index in [1.165, 1.54) is 4.31 Å². The van der Waals surface area contributed by atoms with Crippen LogP contribution in [-0.2, 0) is 15.4 Å². The van der Waals surface area contributed by atoms with Crippen LogP contribution in [0.2, 0.25) is 0 Å². The van der Waals surface area contributed by atoms with Crippen molar-refractivity contribution < 1.29 is 12.9 Å². The largest absolute Gasteiger partial charge is 0.324 e. The zero-order valence-electron chi connectivity index (χ0n) is 16.6. The molecule has 0 N–H and O–H groups in total. The molecule has 8 heteroatoms. The SMILES string of the molecule is CC(C)c1noc(N2CCN(S(=O)(=O)c3ccc(C(C)(C)C)cc3)CC2)n1. The molecule has 1 aliphatic rings. The number of piperazine rings is 1. The van der Waals surface area contributed by atoms with Crippen molar-refractivity contribution >= 4 is 16.0 Å². The number of benzene rings is 1. The standard InChI is InChI=1S/C19H28N4O3S/c1-14(2)17-20-18(26-21-17)22-10-12-23(13-11-22)27(24,25)16-8-6-15(7-9-16)19(3,4)5/h6-9,14H,10-13H2,1-5H3. The van der Waals surface area contributed by atoms with E-state index in [1.54, 1.807) is 12.1 Å². The van der Waals surface area contributed by atoms with Gasteiger partial charge in [-0.2, -0.15) is 9.29 Å². The zero-order valence-corrected chi connectivity index (χ0v) is 17.5. The van der Waals surface area contributed by atoms with Gasteiger partial charge in [-0.3, -0.25) is 0 Å². The van der Waals surface area contributed by atoms with Crippen molar-refractivity contribution in [3.8, 4) is 0 Å². The van der Waals surface area contributed by atoms with E-state index in [0.29, 0.717) is 42.9 Å². The smallest absolute Gasteiger partial charge is 0.322 e. The molecule has 2 heterocycles. The number of aromatic nitrogens is 2. The zero-order chi connectivity index (χ0) is 19.8. The molecule has 148 valence electrons. The number of anilines is 1. The predicted molar refractivity (Wildman–Crippen MR) is 105 cm³/mol. The van der Waals surface area contributed by atoms with Gasteiger partial charge in [-0.05, 0) is 23.1 Å². The van der Waals surface area contributed by atoms with Gasteiger partial charge < -0.3 is 9.42 Å². The van der Waals surface area contributed by atoms with Gasteiger partial charge in [0.25, 0.3) is 0 Å². The van der Waals surface area contributed by atoms with Crippen molar-refractivity contribution in [2.75, 3.05) is 31.1 Å². The molecule has 1 aliphatic heterocycles. The van der Waals surface area contributed by atoms with Crippen molar-refractivity contribution in [3.63, 3.8) is 0 Å². The van der Waals surface area contributed by atoms with Crippen LogP contribution in [0.4, 0.5) is 6.01 Å². The van der Waals surface area contributed by atoms with Crippen molar-refractivity contribution in [2.45, 2.75) is 50.8 Å². The molecule has 1 fully saturated rings. The van der Waals surface area contributed by atoms with Crippen LogP contribution in [0.5, 0.6) is 0 Å². The Labute approximate surface area is 161 Å². The van der Waals surface area contributed by atoms with Gasteiger partial charge in [0.05, 0.1) is 4.90 Å². The number of rotatable bonds is 4. The molecule has 0 unspecified atom stereocenters. The van der Waals surface area contributed by atoms with Crippen LogP contribution in [0.1, 0.15) is 51.9 Å². The highest BCUT2D eigenvalue weighted by Gasteiger charge is 2.30. The molecule has 1 aromatic carbocycles. The second-order valence-corrected chi connectivity index (χ2v) is 10.2. The monoisotopic (exact) mass is 392 g/mol. The molecule has 0 amide bonds. The molecule has 0 saturated carbocycles. The first-order valence-corrected chi connectivity index (χ1v) is 10.7. The Morgan fingerprint density at radius 2 is 1.63 bits per heavy atom. The third-order valence-corrected chi connectivity index (χ3v) is 6.73. The van der Waals surface area contributed by atoms with Gasteiger partial charge in [-0.15, -0.1) is 0 Å². The minimum atomic E-state index is -3.50. The van der Waals surface area contributed by atoms with E-state index in [-0.39, 0.29) is 11.3 Å². The van der Waals surface area contributed by atoms with Gasteiger partial charge in [0.15, 0.2) is 5.82 Å².